The van der Waals surface area contributed by atoms with E-state index in [0.29, 0.717) is 22.0 Å². The van der Waals surface area contributed by atoms with Crippen molar-refractivity contribution in [3.05, 3.63) is 112 Å². The fourth-order valence-electron chi connectivity index (χ4n) is 3.14. The molecule has 35 heavy (non-hydrogen) atoms. The number of nitrogens with zero attached hydrogens (tertiary/aromatic N) is 3. The van der Waals surface area contributed by atoms with E-state index in [9.17, 15) is 14.0 Å². The number of nitrogens with one attached hydrogen (secondary N) is 3. The van der Waals surface area contributed by atoms with Gasteiger partial charge in [-0.15, -0.1) is 0 Å². The quantitative estimate of drug-likeness (QED) is 0.165. The summed E-state index contributed by atoms with van der Waals surface area (Å²) in [5.41, 5.74) is 4.44. The Labute approximate surface area is 210 Å². The van der Waals surface area contributed by atoms with Crippen LogP contribution in [0.1, 0.15) is 42.9 Å². The average Bonchev–Trinajstić information content (AvgIpc) is 3.41. The number of hydrogen-bond donors (Lipinski definition) is 4. The number of hydrazone groups is 1. The maximum Gasteiger partial charge on any atom is 0.273 e. The molecule has 4 aromatic rings. The van der Waals surface area contributed by atoms with Gasteiger partial charge in [0.2, 0.25) is 0 Å². The summed E-state index contributed by atoms with van der Waals surface area (Å²) in [4.78, 5) is 29.8. The molecule has 3 aromatic carbocycles. The lowest BCUT2D eigenvalue weighted by Crippen LogP contribution is -2.21. The van der Waals surface area contributed by atoms with Gasteiger partial charge < -0.3 is 5.32 Å². The molecule has 0 spiro atoms. The molecule has 0 saturated heterocycles. The molecular weight excluding hydrogens is 491 g/mol. The zero-order chi connectivity index (χ0) is 24.8. The van der Waals surface area contributed by atoms with Crippen molar-refractivity contribution in [2.75, 3.05) is 5.32 Å². The zero-order valence-electron chi connectivity index (χ0n) is 17.9. The molecule has 1 heterocycles. The van der Waals surface area contributed by atoms with Crippen molar-refractivity contribution in [3.63, 3.8) is 0 Å². The fraction of sp³-hybridized carbons (Fsp3) is 0.0417. The molecule has 1 atom stereocenters. The Morgan fingerprint density at radius 3 is 2.63 bits per heavy atom. The first-order valence-corrected chi connectivity index (χ1v) is 11.1. The molecule has 4 rings (SSSR count). The third-order valence-corrected chi connectivity index (χ3v) is 5.66. The highest BCUT2D eigenvalue weighted by atomic mass is 35.5. The molecule has 0 aliphatic heterocycles. The molecule has 11 heteroatoms. The van der Waals surface area contributed by atoms with Crippen LogP contribution in [-0.4, -0.2) is 33.2 Å². The largest absolute Gasteiger partial charge is 0.321 e. The van der Waals surface area contributed by atoms with E-state index in [1.807, 2.05) is 6.07 Å². The summed E-state index contributed by atoms with van der Waals surface area (Å²) >= 11 is 10.6. The molecule has 0 aliphatic rings. The monoisotopic (exact) mass is 508 g/mol. The average molecular weight is 509 g/mol. The van der Waals surface area contributed by atoms with Crippen molar-refractivity contribution < 1.29 is 14.0 Å². The van der Waals surface area contributed by atoms with Crippen LogP contribution in [0.5, 0.6) is 0 Å². The van der Waals surface area contributed by atoms with Crippen LogP contribution in [0.2, 0.25) is 5.02 Å². The van der Waals surface area contributed by atoms with Gasteiger partial charge in [-0.2, -0.15) is 22.8 Å². The van der Waals surface area contributed by atoms with Gasteiger partial charge in [-0.3, -0.25) is 14.7 Å². The third kappa shape index (κ3) is 6.11. The minimum absolute atomic E-state index is 0.118. The number of anilines is 1. The normalized spacial score (nSPS) is 11.9. The molecule has 0 fully saturated rings. The summed E-state index contributed by atoms with van der Waals surface area (Å²) in [7, 11) is 0. The Balaban J connectivity index is 1.50. The molecule has 0 bridgehead atoms. The first-order chi connectivity index (χ1) is 16.9. The van der Waals surface area contributed by atoms with Crippen LogP contribution in [-0.2, 0) is 0 Å². The lowest BCUT2D eigenvalue weighted by Gasteiger charge is -2.12. The Morgan fingerprint density at radius 1 is 1.09 bits per heavy atom. The SMILES string of the molecule is O=C(Nc1ccc(Cl)cc1C(=O)N/N=C/c1ccc(F)cc1)c1cccc(C(S)c2ncn[nH]2)c1. The van der Waals surface area contributed by atoms with Gasteiger partial charge in [-0.05, 0) is 53.6 Å². The van der Waals surface area contributed by atoms with Crippen molar-refractivity contribution >= 4 is 47.9 Å². The number of benzene rings is 3. The lowest BCUT2D eigenvalue weighted by molar-refractivity contribution is 0.0956. The summed E-state index contributed by atoms with van der Waals surface area (Å²) in [6, 6.07) is 17.0. The Morgan fingerprint density at radius 2 is 1.89 bits per heavy atom. The van der Waals surface area contributed by atoms with Crippen molar-refractivity contribution in [1.82, 2.24) is 20.6 Å². The summed E-state index contributed by atoms with van der Waals surface area (Å²) in [5, 5.41) is 13.1. The summed E-state index contributed by atoms with van der Waals surface area (Å²) in [5.74, 6) is -0.852. The molecular formula is C24H18ClFN6O2S. The van der Waals surface area contributed by atoms with E-state index in [0.717, 1.165) is 5.56 Å². The Hall–Kier alpha value is -4.02. The van der Waals surface area contributed by atoms with E-state index in [-0.39, 0.29) is 17.1 Å². The van der Waals surface area contributed by atoms with E-state index in [1.54, 1.807) is 24.3 Å². The maximum absolute atomic E-state index is 13.0. The molecule has 8 nitrogen and oxygen atoms in total. The lowest BCUT2D eigenvalue weighted by atomic mass is 10.1. The van der Waals surface area contributed by atoms with Gasteiger partial charge in [-0.25, -0.2) is 14.8 Å². The predicted octanol–water partition coefficient (Wildman–Crippen LogP) is 4.63. The molecule has 1 unspecified atom stereocenters. The van der Waals surface area contributed by atoms with Crippen LogP contribution >= 0.6 is 24.2 Å². The number of hydrogen-bond acceptors (Lipinski definition) is 6. The van der Waals surface area contributed by atoms with Crippen LogP contribution < -0.4 is 10.7 Å². The van der Waals surface area contributed by atoms with Crippen LogP contribution in [0.15, 0.2) is 78.2 Å². The summed E-state index contributed by atoms with van der Waals surface area (Å²) < 4.78 is 13.0. The van der Waals surface area contributed by atoms with Gasteiger partial charge in [0, 0.05) is 10.6 Å². The Kier molecular flexibility index (Phi) is 7.54. The Bertz CT molecular complexity index is 1380. The number of H-pyrrole nitrogens is 1. The van der Waals surface area contributed by atoms with Gasteiger partial charge in [0.15, 0.2) is 0 Å². The molecule has 0 radical (unpaired) electrons. The minimum Gasteiger partial charge on any atom is -0.321 e. The van der Waals surface area contributed by atoms with E-state index in [1.165, 1.54) is 48.9 Å². The van der Waals surface area contributed by atoms with Gasteiger partial charge in [-0.1, -0.05) is 35.9 Å². The second kappa shape index (κ2) is 10.9. The van der Waals surface area contributed by atoms with Gasteiger partial charge in [0.25, 0.3) is 11.8 Å². The third-order valence-electron chi connectivity index (χ3n) is 4.88. The highest BCUT2D eigenvalue weighted by molar-refractivity contribution is 7.80. The molecule has 0 saturated carbocycles. The van der Waals surface area contributed by atoms with Gasteiger partial charge in [0.05, 0.1) is 22.7 Å². The summed E-state index contributed by atoms with van der Waals surface area (Å²) in [6.07, 6.45) is 2.75. The predicted molar refractivity (Wildman–Crippen MR) is 135 cm³/mol. The highest BCUT2D eigenvalue weighted by Gasteiger charge is 2.17. The summed E-state index contributed by atoms with van der Waals surface area (Å²) in [6.45, 7) is 0. The number of aromatic amines is 1. The van der Waals surface area contributed by atoms with Crippen LogP contribution in [0.3, 0.4) is 0 Å². The van der Waals surface area contributed by atoms with Crippen LogP contribution in [0, 0.1) is 5.82 Å². The molecule has 0 aliphatic carbocycles. The van der Waals surface area contributed by atoms with Crippen LogP contribution in [0.25, 0.3) is 0 Å². The first kappa shape index (κ1) is 24.1. The minimum atomic E-state index is -0.587. The second-order valence-electron chi connectivity index (χ2n) is 7.29. The number of rotatable bonds is 7. The number of aromatic nitrogens is 3. The number of amides is 2. The molecule has 2 amide bonds. The second-order valence-corrected chi connectivity index (χ2v) is 8.25. The van der Waals surface area contributed by atoms with Crippen molar-refractivity contribution in [2.24, 2.45) is 5.10 Å². The smallest absolute Gasteiger partial charge is 0.273 e. The number of carbonyl (C=O) groups is 2. The van der Waals surface area contributed by atoms with E-state index in [4.69, 9.17) is 11.6 Å². The molecule has 176 valence electrons. The number of thiol groups is 1. The van der Waals surface area contributed by atoms with Crippen molar-refractivity contribution in [3.8, 4) is 0 Å². The zero-order valence-corrected chi connectivity index (χ0v) is 19.6. The fourth-order valence-corrected chi connectivity index (χ4v) is 3.59. The van der Waals surface area contributed by atoms with Gasteiger partial charge in [0.1, 0.15) is 18.0 Å². The number of halogens is 2. The standard InChI is InChI=1S/C24H18ClFN6O2S/c25-17-6-9-20(19(11-17)24(34)32-28-12-14-4-7-18(26)8-5-14)30-23(33)16-3-1-2-15(10-16)21(35)22-27-13-29-31-22/h1-13,21,35H,(H,30,33)(H,32,34)(H,27,29,31)/b28-12+. The van der Waals surface area contributed by atoms with E-state index < -0.39 is 17.1 Å². The molecule has 1 aromatic heterocycles. The maximum atomic E-state index is 13.0. The molecule has 3 N–H and O–H groups in total. The highest BCUT2D eigenvalue weighted by Crippen LogP contribution is 2.26. The van der Waals surface area contributed by atoms with Gasteiger partial charge >= 0.3 is 0 Å². The van der Waals surface area contributed by atoms with Crippen molar-refractivity contribution in [1.29, 1.82) is 0 Å². The topological polar surface area (TPSA) is 112 Å². The van der Waals surface area contributed by atoms with Crippen LogP contribution in [0.4, 0.5) is 10.1 Å². The van der Waals surface area contributed by atoms with E-state index in [2.05, 4.69) is 43.7 Å². The van der Waals surface area contributed by atoms with Crippen molar-refractivity contribution in [2.45, 2.75) is 5.25 Å². The van der Waals surface area contributed by atoms with E-state index >= 15 is 0 Å². The number of carbonyl (C=O) groups excluding carboxylic acids is 2. The first-order valence-electron chi connectivity index (χ1n) is 10.2.